The minimum atomic E-state index is 0.535. The van der Waals surface area contributed by atoms with Gasteiger partial charge in [0.1, 0.15) is 0 Å². The molecule has 3 aromatic rings. The molecule has 0 bridgehead atoms. The average Bonchev–Trinajstić information content (AvgIpc) is 2.78. The number of fused-ring (bicyclic) bond motifs is 1. The highest BCUT2D eigenvalue weighted by atomic mass is 15.0. The van der Waals surface area contributed by atoms with E-state index in [1.807, 2.05) is 6.07 Å². The van der Waals surface area contributed by atoms with Gasteiger partial charge < -0.3 is 4.57 Å². The van der Waals surface area contributed by atoms with Gasteiger partial charge in [0.2, 0.25) is 0 Å². The molecule has 0 spiro atoms. The summed E-state index contributed by atoms with van der Waals surface area (Å²) in [6.45, 7) is 2.88. The van der Waals surface area contributed by atoms with Crippen LogP contribution >= 0.6 is 0 Å². The monoisotopic (exact) mass is 260 g/mol. The first-order valence-electron chi connectivity index (χ1n) is 6.83. The molecule has 0 amide bonds. The van der Waals surface area contributed by atoms with Gasteiger partial charge in [-0.05, 0) is 18.6 Å². The van der Waals surface area contributed by atoms with Crippen molar-refractivity contribution in [1.82, 2.24) is 4.57 Å². The largest absolute Gasteiger partial charge is 0.343 e. The van der Waals surface area contributed by atoms with Crippen molar-refractivity contribution in [2.75, 3.05) is 0 Å². The third-order valence-electron chi connectivity index (χ3n) is 3.74. The van der Waals surface area contributed by atoms with Gasteiger partial charge in [-0.25, -0.2) is 0 Å². The van der Waals surface area contributed by atoms with Crippen LogP contribution in [0.15, 0.2) is 54.6 Å². The molecule has 0 saturated heterocycles. The number of aryl methyl sites for hydroxylation is 1. The van der Waals surface area contributed by atoms with Crippen molar-refractivity contribution < 1.29 is 0 Å². The Balaban J connectivity index is 2.27. The molecule has 0 aliphatic carbocycles. The van der Waals surface area contributed by atoms with Gasteiger partial charge >= 0.3 is 0 Å². The topological polar surface area (TPSA) is 28.7 Å². The number of benzene rings is 2. The molecule has 98 valence electrons. The molecule has 0 atom stereocenters. The van der Waals surface area contributed by atoms with Crippen LogP contribution in [0.4, 0.5) is 0 Å². The van der Waals surface area contributed by atoms with E-state index in [2.05, 4.69) is 66.1 Å². The van der Waals surface area contributed by atoms with Gasteiger partial charge in [-0.15, -0.1) is 0 Å². The molecule has 0 aliphatic heterocycles. The third-order valence-corrected chi connectivity index (χ3v) is 3.74. The van der Waals surface area contributed by atoms with Gasteiger partial charge in [-0.3, -0.25) is 0 Å². The van der Waals surface area contributed by atoms with Crippen LogP contribution in [0.25, 0.3) is 22.0 Å². The SMILES string of the molecule is Cc1c(-c2ccccc2)c2ccccc2n1CCC#N. The summed E-state index contributed by atoms with van der Waals surface area (Å²) in [4.78, 5) is 0. The fraction of sp³-hybridized carbons (Fsp3) is 0.167. The van der Waals surface area contributed by atoms with Crippen LogP contribution in [0.1, 0.15) is 12.1 Å². The Morgan fingerprint density at radius 1 is 1.00 bits per heavy atom. The van der Waals surface area contributed by atoms with Gasteiger partial charge in [-0.2, -0.15) is 5.26 Å². The second-order valence-electron chi connectivity index (χ2n) is 4.90. The van der Waals surface area contributed by atoms with E-state index in [0.717, 1.165) is 6.54 Å². The fourth-order valence-electron chi connectivity index (χ4n) is 2.85. The van der Waals surface area contributed by atoms with E-state index in [4.69, 9.17) is 5.26 Å². The Labute approximate surface area is 118 Å². The predicted molar refractivity (Wildman–Crippen MR) is 82.3 cm³/mol. The highest BCUT2D eigenvalue weighted by Crippen LogP contribution is 2.34. The van der Waals surface area contributed by atoms with E-state index < -0.39 is 0 Å². The Morgan fingerprint density at radius 2 is 1.70 bits per heavy atom. The lowest BCUT2D eigenvalue weighted by molar-refractivity contribution is 0.723. The highest BCUT2D eigenvalue weighted by Gasteiger charge is 2.14. The van der Waals surface area contributed by atoms with Crippen molar-refractivity contribution >= 4 is 10.9 Å². The van der Waals surface area contributed by atoms with Gasteiger partial charge in [0.15, 0.2) is 0 Å². The van der Waals surface area contributed by atoms with Crippen molar-refractivity contribution in [3.05, 3.63) is 60.3 Å². The van der Waals surface area contributed by atoms with Crippen molar-refractivity contribution in [2.45, 2.75) is 19.9 Å². The van der Waals surface area contributed by atoms with Crippen molar-refractivity contribution in [3.63, 3.8) is 0 Å². The van der Waals surface area contributed by atoms with Crippen LogP contribution in [0, 0.1) is 18.3 Å². The molecule has 2 nitrogen and oxygen atoms in total. The molecular weight excluding hydrogens is 244 g/mol. The minimum Gasteiger partial charge on any atom is -0.343 e. The fourth-order valence-corrected chi connectivity index (χ4v) is 2.85. The second kappa shape index (κ2) is 5.22. The van der Waals surface area contributed by atoms with Crippen LogP contribution in [-0.4, -0.2) is 4.57 Å². The van der Waals surface area contributed by atoms with Gasteiger partial charge in [-0.1, -0.05) is 48.5 Å². The maximum absolute atomic E-state index is 8.85. The third kappa shape index (κ3) is 1.98. The smallest absolute Gasteiger partial charge is 0.0640 e. The highest BCUT2D eigenvalue weighted by molar-refractivity contribution is 5.98. The maximum Gasteiger partial charge on any atom is 0.0640 e. The van der Waals surface area contributed by atoms with E-state index >= 15 is 0 Å². The zero-order chi connectivity index (χ0) is 13.9. The standard InChI is InChI=1S/C18H16N2/c1-14-18(15-8-3-2-4-9-15)16-10-5-6-11-17(16)20(14)13-7-12-19/h2-6,8-11H,7,13H2,1H3. The zero-order valence-corrected chi connectivity index (χ0v) is 11.5. The minimum absolute atomic E-state index is 0.535. The Morgan fingerprint density at radius 3 is 2.45 bits per heavy atom. The summed E-state index contributed by atoms with van der Waals surface area (Å²) in [5, 5.41) is 10.1. The number of nitriles is 1. The molecule has 0 saturated carbocycles. The summed E-state index contributed by atoms with van der Waals surface area (Å²) < 4.78 is 2.25. The normalized spacial score (nSPS) is 10.6. The average molecular weight is 260 g/mol. The van der Waals surface area contributed by atoms with Crippen molar-refractivity contribution in [2.24, 2.45) is 0 Å². The summed E-state index contributed by atoms with van der Waals surface area (Å²) in [5.41, 5.74) is 4.95. The summed E-state index contributed by atoms with van der Waals surface area (Å²) in [6, 6.07) is 21.1. The van der Waals surface area contributed by atoms with Crippen LogP contribution < -0.4 is 0 Å². The van der Waals surface area contributed by atoms with Crippen LogP contribution in [0.5, 0.6) is 0 Å². The lowest BCUT2D eigenvalue weighted by atomic mass is 10.0. The molecule has 1 aromatic heterocycles. The number of nitrogens with zero attached hydrogens (tertiary/aromatic N) is 2. The molecule has 3 rings (SSSR count). The molecule has 2 aromatic carbocycles. The van der Waals surface area contributed by atoms with Crippen molar-refractivity contribution in [3.8, 4) is 17.2 Å². The first-order chi connectivity index (χ1) is 9.83. The van der Waals surface area contributed by atoms with E-state index in [9.17, 15) is 0 Å². The molecule has 0 aliphatic rings. The van der Waals surface area contributed by atoms with E-state index in [1.165, 1.54) is 27.7 Å². The number of para-hydroxylation sites is 1. The predicted octanol–water partition coefficient (Wildman–Crippen LogP) is 4.53. The number of rotatable bonds is 3. The molecule has 0 N–H and O–H groups in total. The van der Waals surface area contributed by atoms with Gasteiger partial charge in [0.25, 0.3) is 0 Å². The molecule has 0 fully saturated rings. The number of hydrogen-bond donors (Lipinski definition) is 0. The molecule has 1 heterocycles. The zero-order valence-electron chi connectivity index (χ0n) is 11.5. The summed E-state index contributed by atoms with van der Waals surface area (Å²) in [6.07, 6.45) is 0.535. The summed E-state index contributed by atoms with van der Waals surface area (Å²) in [5.74, 6) is 0. The van der Waals surface area contributed by atoms with Crippen LogP contribution in [0.2, 0.25) is 0 Å². The van der Waals surface area contributed by atoms with Crippen LogP contribution in [-0.2, 0) is 6.54 Å². The Bertz CT molecular complexity index is 776. The quantitative estimate of drug-likeness (QED) is 0.680. The summed E-state index contributed by atoms with van der Waals surface area (Å²) in [7, 11) is 0. The second-order valence-corrected chi connectivity index (χ2v) is 4.90. The molecule has 20 heavy (non-hydrogen) atoms. The molecule has 0 unspecified atom stereocenters. The van der Waals surface area contributed by atoms with Gasteiger partial charge in [0, 0.05) is 28.7 Å². The molecule has 0 radical (unpaired) electrons. The van der Waals surface area contributed by atoms with Crippen LogP contribution in [0.3, 0.4) is 0 Å². The first-order valence-corrected chi connectivity index (χ1v) is 6.83. The summed E-state index contributed by atoms with van der Waals surface area (Å²) >= 11 is 0. The maximum atomic E-state index is 8.85. The van der Waals surface area contributed by atoms with Crippen molar-refractivity contribution in [1.29, 1.82) is 5.26 Å². The van der Waals surface area contributed by atoms with E-state index in [0.29, 0.717) is 6.42 Å². The first kappa shape index (κ1) is 12.5. The van der Waals surface area contributed by atoms with E-state index in [-0.39, 0.29) is 0 Å². The Kier molecular flexibility index (Phi) is 3.26. The number of hydrogen-bond acceptors (Lipinski definition) is 1. The Hall–Kier alpha value is -2.53. The number of aromatic nitrogens is 1. The van der Waals surface area contributed by atoms with Gasteiger partial charge in [0.05, 0.1) is 12.5 Å². The lowest BCUT2D eigenvalue weighted by Gasteiger charge is -2.06. The molecule has 2 heteroatoms. The molecular formula is C18H16N2. The van der Waals surface area contributed by atoms with E-state index in [1.54, 1.807) is 0 Å². The lowest BCUT2D eigenvalue weighted by Crippen LogP contribution is -1.99.